The topological polar surface area (TPSA) is 82.1 Å². The molecule has 3 unspecified atom stereocenters. The Balaban J connectivity index is 2.52. The van der Waals surface area contributed by atoms with Crippen molar-refractivity contribution in [3.8, 4) is 0 Å². The second kappa shape index (κ2) is 5.50. The first kappa shape index (κ1) is 12.5. The molecule has 16 heavy (non-hydrogen) atoms. The number of aliphatic hydroxyl groups is 1. The van der Waals surface area contributed by atoms with Crippen molar-refractivity contribution in [3.05, 3.63) is 12.3 Å². The normalized spacial score (nSPS) is 28.1. The molecule has 0 aromatic carbocycles. The highest BCUT2D eigenvalue weighted by Gasteiger charge is 2.33. The van der Waals surface area contributed by atoms with Gasteiger partial charge in [-0.25, -0.2) is 0 Å². The van der Waals surface area contributed by atoms with E-state index in [0.29, 0.717) is 0 Å². The van der Waals surface area contributed by atoms with Crippen LogP contribution in [0.25, 0.3) is 0 Å². The van der Waals surface area contributed by atoms with Crippen LogP contribution >= 0.6 is 0 Å². The summed E-state index contributed by atoms with van der Waals surface area (Å²) < 4.78 is 14.6. The number of esters is 2. The van der Waals surface area contributed by atoms with E-state index < -0.39 is 30.3 Å². The van der Waals surface area contributed by atoms with E-state index >= 15 is 0 Å². The fourth-order valence-electron chi connectivity index (χ4n) is 1.27. The minimum absolute atomic E-state index is 0.0847. The summed E-state index contributed by atoms with van der Waals surface area (Å²) >= 11 is 0. The summed E-state index contributed by atoms with van der Waals surface area (Å²) in [6, 6.07) is 0. The third-order valence-corrected chi connectivity index (χ3v) is 1.99. The number of hydrogen-bond donors (Lipinski definition) is 1. The van der Waals surface area contributed by atoms with E-state index in [4.69, 9.17) is 14.2 Å². The summed E-state index contributed by atoms with van der Waals surface area (Å²) in [6.07, 6.45) is 0.198. The molecule has 1 aliphatic heterocycles. The molecule has 0 saturated carbocycles. The molecule has 0 aliphatic carbocycles. The van der Waals surface area contributed by atoms with Gasteiger partial charge in [0, 0.05) is 13.8 Å². The molecule has 0 amide bonds. The number of carbonyl (C=O) groups excluding carboxylic acids is 2. The molecule has 0 spiro atoms. The first-order chi connectivity index (χ1) is 7.50. The maximum Gasteiger partial charge on any atom is 0.303 e. The SMILES string of the molecule is CC(=O)OCC1OC=CC(OC(C)=O)C1O. The van der Waals surface area contributed by atoms with Gasteiger partial charge in [-0.1, -0.05) is 0 Å². The highest BCUT2D eigenvalue weighted by Crippen LogP contribution is 2.16. The van der Waals surface area contributed by atoms with E-state index in [2.05, 4.69) is 0 Å². The Hall–Kier alpha value is -1.56. The molecule has 6 nitrogen and oxygen atoms in total. The van der Waals surface area contributed by atoms with Gasteiger partial charge >= 0.3 is 11.9 Å². The largest absolute Gasteiger partial charge is 0.492 e. The first-order valence-corrected chi connectivity index (χ1v) is 4.81. The predicted octanol–water partition coefficient (Wildman–Crippen LogP) is -0.245. The minimum atomic E-state index is -1.05. The van der Waals surface area contributed by atoms with Crippen LogP contribution in [0.5, 0.6) is 0 Å². The Morgan fingerprint density at radius 3 is 2.62 bits per heavy atom. The van der Waals surface area contributed by atoms with Crippen LogP contribution in [0.3, 0.4) is 0 Å². The zero-order chi connectivity index (χ0) is 12.1. The van der Waals surface area contributed by atoms with Crippen LogP contribution in [0, 0.1) is 0 Å². The molecule has 0 fully saturated rings. The minimum Gasteiger partial charge on any atom is -0.492 e. The summed E-state index contributed by atoms with van der Waals surface area (Å²) in [6.45, 7) is 2.42. The fourth-order valence-corrected chi connectivity index (χ4v) is 1.27. The Kier molecular flexibility index (Phi) is 4.30. The lowest BCUT2D eigenvalue weighted by atomic mass is 10.1. The van der Waals surface area contributed by atoms with Gasteiger partial charge in [-0.05, 0) is 6.08 Å². The van der Waals surface area contributed by atoms with E-state index in [0.717, 1.165) is 0 Å². The number of hydrogen-bond acceptors (Lipinski definition) is 6. The average Bonchev–Trinajstić information content (AvgIpc) is 2.18. The van der Waals surface area contributed by atoms with Crippen LogP contribution in [0.15, 0.2) is 12.3 Å². The van der Waals surface area contributed by atoms with Crippen LogP contribution in [0.4, 0.5) is 0 Å². The van der Waals surface area contributed by atoms with Crippen molar-refractivity contribution in [2.75, 3.05) is 6.61 Å². The molecule has 0 aromatic heterocycles. The molecule has 1 N–H and O–H groups in total. The number of carbonyl (C=O) groups is 2. The molecule has 1 heterocycles. The van der Waals surface area contributed by atoms with Crippen molar-refractivity contribution in [1.29, 1.82) is 0 Å². The number of ether oxygens (including phenoxy) is 3. The van der Waals surface area contributed by atoms with Crippen molar-refractivity contribution in [1.82, 2.24) is 0 Å². The van der Waals surface area contributed by atoms with E-state index in [1.54, 1.807) is 0 Å². The van der Waals surface area contributed by atoms with Gasteiger partial charge in [-0.15, -0.1) is 0 Å². The summed E-state index contributed by atoms with van der Waals surface area (Å²) in [5.41, 5.74) is 0. The maximum absolute atomic E-state index is 10.7. The van der Waals surface area contributed by atoms with E-state index in [-0.39, 0.29) is 6.61 Å². The third-order valence-electron chi connectivity index (χ3n) is 1.99. The zero-order valence-electron chi connectivity index (χ0n) is 9.08. The van der Waals surface area contributed by atoms with Crippen molar-refractivity contribution >= 4 is 11.9 Å². The van der Waals surface area contributed by atoms with Gasteiger partial charge in [-0.2, -0.15) is 0 Å². The van der Waals surface area contributed by atoms with Crippen molar-refractivity contribution in [2.45, 2.75) is 32.2 Å². The second-order valence-corrected chi connectivity index (χ2v) is 3.37. The second-order valence-electron chi connectivity index (χ2n) is 3.37. The van der Waals surface area contributed by atoms with E-state index in [1.807, 2.05) is 0 Å². The van der Waals surface area contributed by atoms with E-state index in [9.17, 15) is 14.7 Å². The Morgan fingerprint density at radius 2 is 2.06 bits per heavy atom. The highest BCUT2D eigenvalue weighted by molar-refractivity contribution is 5.66. The van der Waals surface area contributed by atoms with Gasteiger partial charge in [0.15, 0.2) is 12.2 Å². The molecule has 1 rings (SSSR count). The zero-order valence-corrected chi connectivity index (χ0v) is 9.08. The van der Waals surface area contributed by atoms with Crippen molar-refractivity contribution in [3.63, 3.8) is 0 Å². The van der Waals surface area contributed by atoms with Gasteiger partial charge in [0.2, 0.25) is 0 Å². The molecule has 0 saturated heterocycles. The van der Waals surface area contributed by atoms with Crippen molar-refractivity contribution in [2.24, 2.45) is 0 Å². The summed E-state index contributed by atoms with van der Waals surface area (Å²) in [5.74, 6) is -0.962. The Morgan fingerprint density at radius 1 is 1.38 bits per heavy atom. The molecule has 0 aromatic rings. The molecular formula is C10H14O6. The lowest BCUT2D eigenvalue weighted by molar-refractivity contribution is -0.162. The predicted molar refractivity (Wildman–Crippen MR) is 52.2 cm³/mol. The van der Waals surface area contributed by atoms with Crippen LogP contribution in [0.1, 0.15) is 13.8 Å². The number of aliphatic hydroxyl groups excluding tert-OH is 1. The average molecular weight is 230 g/mol. The fraction of sp³-hybridized carbons (Fsp3) is 0.600. The van der Waals surface area contributed by atoms with Crippen LogP contribution in [-0.4, -0.2) is 42.0 Å². The molecular weight excluding hydrogens is 216 g/mol. The summed E-state index contributed by atoms with van der Waals surface area (Å²) in [7, 11) is 0. The summed E-state index contributed by atoms with van der Waals surface area (Å²) in [5, 5.41) is 9.75. The van der Waals surface area contributed by atoms with Crippen LogP contribution < -0.4 is 0 Å². The lowest BCUT2D eigenvalue weighted by Gasteiger charge is -2.30. The lowest BCUT2D eigenvalue weighted by Crippen LogP contribution is -2.44. The number of rotatable bonds is 3. The maximum atomic E-state index is 10.7. The highest BCUT2D eigenvalue weighted by atomic mass is 16.6. The first-order valence-electron chi connectivity index (χ1n) is 4.81. The van der Waals surface area contributed by atoms with Gasteiger partial charge in [0.05, 0.1) is 6.26 Å². The van der Waals surface area contributed by atoms with Gasteiger partial charge in [-0.3, -0.25) is 9.59 Å². The molecule has 90 valence electrons. The monoisotopic (exact) mass is 230 g/mol. The quantitative estimate of drug-likeness (QED) is 0.673. The molecule has 6 heteroatoms. The van der Waals surface area contributed by atoms with Gasteiger partial charge in [0.1, 0.15) is 12.7 Å². The van der Waals surface area contributed by atoms with Crippen LogP contribution in [0.2, 0.25) is 0 Å². The smallest absolute Gasteiger partial charge is 0.303 e. The van der Waals surface area contributed by atoms with E-state index in [1.165, 1.54) is 26.2 Å². The van der Waals surface area contributed by atoms with Gasteiger partial charge in [0.25, 0.3) is 0 Å². The van der Waals surface area contributed by atoms with Crippen LogP contribution in [-0.2, 0) is 23.8 Å². The molecule has 0 bridgehead atoms. The molecule has 1 aliphatic rings. The van der Waals surface area contributed by atoms with Crippen molar-refractivity contribution < 1.29 is 28.9 Å². The summed E-state index contributed by atoms with van der Waals surface area (Å²) in [4.78, 5) is 21.3. The standard InChI is InChI=1S/C10H14O6/c1-6(11)15-5-9-10(13)8(3-4-14-9)16-7(2)12/h3-4,8-10,13H,5H2,1-2H3. The Bertz CT molecular complexity index is 298. The van der Waals surface area contributed by atoms with Gasteiger partial charge < -0.3 is 19.3 Å². The Labute approximate surface area is 92.8 Å². The molecule has 3 atom stereocenters. The molecule has 0 radical (unpaired) electrons. The third kappa shape index (κ3) is 3.54.